The van der Waals surface area contributed by atoms with Crippen LogP contribution in [0.4, 0.5) is 5.69 Å². The van der Waals surface area contributed by atoms with Crippen molar-refractivity contribution in [1.82, 2.24) is 4.90 Å². The molecule has 1 aliphatic rings. The third kappa shape index (κ3) is 1.71. The molecule has 16 heavy (non-hydrogen) atoms. The van der Waals surface area contributed by atoms with Gasteiger partial charge in [-0.05, 0) is 18.2 Å². The van der Waals surface area contributed by atoms with Crippen molar-refractivity contribution in [2.75, 3.05) is 25.9 Å². The van der Waals surface area contributed by atoms with Crippen molar-refractivity contribution in [2.45, 2.75) is 0 Å². The first-order valence-corrected chi connectivity index (χ1v) is 4.98. The maximum atomic E-state index is 10.8. The van der Waals surface area contributed by atoms with Gasteiger partial charge in [0.25, 0.3) is 0 Å². The van der Waals surface area contributed by atoms with Gasteiger partial charge in [0.2, 0.25) is 0 Å². The highest BCUT2D eigenvalue weighted by molar-refractivity contribution is 6.05. The molecule has 0 aliphatic carbocycles. The van der Waals surface area contributed by atoms with Gasteiger partial charge in [0.15, 0.2) is 0 Å². The van der Waals surface area contributed by atoms with Crippen molar-refractivity contribution < 1.29 is 9.90 Å². The van der Waals surface area contributed by atoms with Gasteiger partial charge in [0, 0.05) is 24.8 Å². The Hall–Kier alpha value is -2.04. The second kappa shape index (κ2) is 3.84. The summed E-state index contributed by atoms with van der Waals surface area (Å²) in [5.41, 5.74) is 7.27. The van der Waals surface area contributed by atoms with Crippen LogP contribution in [0.3, 0.4) is 0 Å². The Labute approximate surface area is 93.2 Å². The number of nitrogen functional groups attached to an aromatic ring is 1. The lowest BCUT2D eigenvalue weighted by Crippen LogP contribution is -2.24. The van der Waals surface area contributed by atoms with E-state index in [0.29, 0.717) is 5.69 Å². The normalized spacial score (nSPS) is 15.1. The maximum absolute atomic E-state index is 10.8. The van der Waals surface area contributed by atoms with Gasteiger partial charge in [-0.25, -0.2) is 4.79 Å². The van der Waals surface area contributed by atoms with Crippen molar-refractivity contribution >= 4 is 17.5 Å². The molecule has 0 aromatic heterocycles. The monoisotopic (exact) mass is 219 g/mol. The van der Waals surface area contributed by atoms with Crippen molar-refractivity contribution in [1.29, 1.82) is 0 Å². The minimum Gasteiger partial charge on any atom is -0.478 e. The fraction of sp³-hybridized carbons (Fsp3) is 0.273. The molecule has 84 valence electrons. The van der Waals surface area contributed by atoms with Gasteiger partial charge < -0.3 is 15.7 Å². The summed E-state index contributed by atoms with van der Waals surface area (Å²) < 4.78 is 0. The number of likely N-dealkylation sites (N-methyl/N-ethyl adjacent to an activating group) is 1. The van der Waals surface area contributed by atoms with Crippen molar-refractivity contribution in [3.8, 4) is 0 Å². The van der Waals surface area contributed by atoms with Gasteiger partial charge in [-0.2, -0.15) is 0 Å². The third-order valence-corrected chi connectivity index (χ3v) is 2.60. The third-order valence-electron chi connectivity index (χ3n) is 2.60. The topological polar surface area (TPSA) is 78.9 Å². The quantitative estimate of drug-likeness (QED) is 0.716. The van der Waals surface area contributed by atoms with E-state index in [-0.39, 0.29) is 5.56 Å². The predicted molar refractivity (Wildman–Crippen MR) is 61.8 cm³/mol. The number of amidine groups is 1. The van der Waals surface area contributed by atoms with E-state index < -0.39 is 5.97 Å². The summed E-state index contributed by atoms with van der Waals surface area (Å²) >= 11 is 0. The molecule has 0 saturated carbocycles. The predicted octanol–water partition coefficient (Wildman–Crippen LogP) is 0.659. The van der Waals surface area contributed by atoms with E-state index in [1.807, 2.05) is 11.9 Å². The van der Waals surface area contributed by atoms with E-state index in [4.69, 9.17) is 10.8 Å². The van der Waals surface area contributed by atoms with E-state index in [1.165, 1.54) is 6.07 Å². The van der Waals surface area contributed by atoms with Crippen LogP contribution in [0.5, 0.6) is 0 Å². The fourth-order valence-corrected chi connectivity index (χ4v) is 1.72. The Morgan fingerprint density at radius 2 is 2.31 bits per heavy atom. The van der Waals surface area contributed by atoms with Crippen LogP contribution in [0.15, 0.2) is 23.2 Å². The zero-order valence-electron chi connectivity index (χ0n) is 8.97. The molecule has 0 unspecified atom stereocenters. The molecule has 1 aliphatic heterocycles. The summed E-state index contributed by atoms with van der Waals surface area (Å²) in [6, 6.07) is 4.72. The van der Waals surface area contributed by atoms with Crippen LogP contribution in [0.1, 0.15) is 15.9 Å². The number of carboxylic acid groups (broad SMARTS) is 1. The lowest BCUT2D eigenvalue weighted by atomic mass is 10.1. The van der Waals surface area contributed by atoms with Crippen molar-refractivity contribution in [2.24, 2.45) is 4.99 Å². The molecule has 2 rings (SSSR count). The lowest BCUT2D eigenvalue weighted by molar-refractivity contribution is 0.0697. The molecule has 1 heterocycles. The number of nitrogens with zero attached hydrogens (tertiary/aromatic N) is 2. The van der Waals surface area contributed by atoms with E-state index in [0.717, 1.165) is 24.5 Å². The van der Waals surface area contributed by atoms with Crippen LogP contribution in [0, 0.1) is 0 Å². The van der Waals surface area contributed by atoms with Crippen LogP contribution < -0.4 is 5.73 Å². The number of aromatic carboxylic acids is 1. The fourth-order valence-electron chi connectivity index (χ4n) is 1.72. The molecule has 3 N–H and O–H groups in total. The maximum Gasteiger partial charge on any atom is 0.335 e. The molecule has 0 fully saturated rings. The highest BCUT2D eigenvalue weighted by atomic mass is 16.4. The molecule has 0 amide bonds. The van der Waals surface area contributed by atoms with Gasteiger partial charge in [0.05, 0.1) is 12.1 Å². The average molecular weight is 219 g/mol. The highest BCUT2D eigenvalue weighted by Gasteiger charge is 2.17. The molecule has 5 heteroatoms. The molecule has 0 bridgehead atoms. The second-order valence-electron chi connectivity index (χ2n) is 3.73. The van der Waals surface area contributed by atoms with Gasteiger partial charge in [0.1, 0.15) is 5.84 Å². The molecule has 0 spiro atoms. The van der Waals surface area contributed by atoms with Crippen LogP contribution in [0.2, 0.25) is 0 Å². The number of carboxylic acids is 1. The van der Waals surface area contributed by atoms with E-state index in [1.54, 1.807) is 12.1 Å². The Kier molecular flexibility index (Phi) is 2.52. The SMILES string of the molecule is CN1CCN=C1c1ccc(C(=O)O)cc1N. The Balaban J connectivity index is 2.40. The van der Waals surface area contributed by atoms with E-state index in [9.17, 15) is 4.79 Å². The van der Waals surface area contributed by atoms with Gasteiger partial charge in [-0.1, -0.05) is 0 Å². The van der Waals surface area contributed by atoms with Crippen molar-refractivity contribution in [3.63, 3.8) is 0 Å². The molecule has 5 nitrogen and oxygen atoms in total. The molecule has 1 aromatic carbocycles. The smallest absolute Gasteiger partial charge is 0.335 e. The highest BCUT2D eigenvalue weighted by Crippen LogP contribution is 2.18. The summed E-state index contributed by atoms with van der Waals surface area (Å²) in [5.74, 6) is -0.144. The molecule has 0 atom stereocenters. The summed E-state index contributed by atoms with van der Waals surface area (Å²) in [6.45, 7) is 1.63. The van der Waals surface area contributed by atoms with Gasteiger partial charge in [-0.15, -0.1) is 0 Å². The number of hydrogen-bond acceptors (Lipinski definition) is 4. The zero-order chi connectivity index (χ0) is 11.7. The first-order valence-electron chi connectivity index (χ1n) is 4.98. The molecule has 0 radical (unpaired) electrons. The number of aliphatic imine (C=N–C) groups is 1. The average Bonchev–Trinajstić information content (AvgIpc) is 2.64. The first-order chi connectivity index (χ1) is 7.59. The summed E-state index contributed by atoms with van der Waals surface area (Å²) in [7, 11) is 1.94. The van der Waals surface area contributed by atoms with Crippen LogP contribution in [0.25, 0.3) is 0 Å². The van der Waals surface area contributed by atoms with Gasteiger partial charge >= 0.3 is 5.97 Å². The number of carbonyl (C=O) groups is 1. The van der Waals surface area contributed by atoms with E-state index >= 15 is 0 Å². The summed E-state index contributed by atoms with van der Waals surface area (Å²) in [5, 5.41) is 8.82. The van der Waals surface area contributed by atoms with Crippen LogP contribution in [-0.4, -0.2) is 41.9 Å². The molecule has 0 saturated heterocycles. The number of nitrogens with two attached hydrogens (primary N) is 1. The number of benzene rings is 1. The molecular weight excluding hydrogens is 206 g/mol. The van der Waals surface area contributed by atoms with Crippen LogP contribution >= 0.6 is 0 Å². The minimum absolute atomic E-state index is 0.197. The molecule has 1 aromatic rings. The first kappa shape index (κ1) is 10.5. The van der Waals surface area contributed by atoms with Crippen molar-refractivity contribution in [3.05, 3.63) is 29.3 Å². The summed E-state index contributed by atoms with van der Waals surface area (Å²) in [4.78, 5) is 17.1. The number of rotatable bonds is 2. The Morgan fingerprint density at radius 3 is 2.81 bits per heavy atom. The number of anilines is 1. The largest absolute Gasteiger partial charge is 0.478 e. The zero-order valence-corrected chi connectivity index (χ0v) is 8.97. The lowest BCUT2D eigenvalue weighted by Gasteiger charge is -2.15. The van der Waals surface area contributed by atoms with Crippen LogP contribution in [-0.2, 0) is 0 Å². The second-order valence-corrected chi connectivity index (χ2v) is 3.73. The Morgan fingerprint density at radius 1 is 1.56 bits per heavy atom. The number of hydrogen-bond donors (Lipinski definition) is 2. The Bertz CT molecular complexity index is 468. The minimum atomic E-state index is -0.972. The standard InChI is InChI=1S/C11H13N3O2/c1-14-5-4-13-10(14)8-3-2-7(11(15)16)6-9(8)12/h2-3,6H,4-5,12H2,1H3,(H,15,16). The summed E-state index contributed by atoms with van der Waals surface area (Å²) in [6.07, 6.45) is 0. The van der Waals surface area contributed by atoms with Gasteiger partial charge in [-0.3, -0.25) is 4.99 Å². The molecular formula is C11H13N3O2. The van der Waals surface area contributed by atoms with E-state index in [2.05, 4.69) is 4.99 Å².